The van der Waals surface area contributed by atoms with Crippen LogP contribution < -0.4 is 15.5 Å². The molecule has 2 aromatic rings. The number of rotatable bonds is 5. The van der Waals surface area contributed by atoms with Gasteiger partial charge in [0.05, 0.1) is 4.92 Å². The first-order valence-corrected chi connectivity index (χ1v) is 9.36. The number of non-ortho nitro benzene ring substituents is 1. The summed E-state index contributed by atoms with van der Waals surface area (Å²) in [6.07, 6.45) is 0. The minimum Gasteiger partial charge on any atom is -0.369 e. The molecule has 2 aromatic carbocycles. The van der Waals surface area contributed by atoms with Gasteiger partial charge in [0.1, 0.15) is 0 Å². The predicted molar refractivity (Wildman–Crippen MR) is 111 cm³/mol. The monoisotopic (exact) mass is 383 g/mol. The maximum atomic E-state index is 12.3. The van der Waals surface area contributed by atoms with Crippen LogP contribution in [0.1, 0.15) is 12.5 Å². The zero-order valence-electron chi connectivity index (χ0n) is 16.1. The Labute approximate surface area is 164 Å². The van der Waals surface area contributed by atoms with Gasteiger partial charge in [-0.1, -0.05) is 13.0 Å². The van der Waals surface area contributed by atoms with E-state index in [-0.39, 0.29) is 5.69 Å². The molecule has 28 heavy (non-hydrogen) atoms. The first-order chi connectivity index (χ1) is 13.5. The molecule has 0 unspecified atom stereocenters. The summed E-state index contributed by atoms with van der Waals surface area (Å²) in [5.41, 5.74) is 3.12. The van der Waals surface area contributed by atoms with Gasteiger partial charge in [-0.2, -0.15) is 0 Å². The van der Waals surface area contributed by atoms with Crippen LogP contribution in [0, 0.1) is 17.0 Å². The van der Waals surface area contributed by atoms with Crippen molar-refractivity contribution in [2.24, 2.45) is 0 Å². The molecule has 2 N–H and O–H groups in total. The first kappa shape index (κ1) is 19.6. The highest BCUT2D eigenvalue weighted by Gasteiger charge is 2.16. The van der Waals surface area contributed by atoms with Gasteiger partial charge in [-0.3, -0.25) is 10.1 Å². The van der Waals surface area contributed by atoms with Gasteiger partial charge in [0.25, 0.3) is 5.69 Å². The minimum atomic E-state index is -0.494. The minimum absolute atomic E-state index is 0.0681. The van der Waals surface area contributed by atoms with Crippen molar-refractivity contribution in [3.05, 3.63) is 58.1 Å². The highest BCUT2D eigenvalue weighted by molar-refractivity contribution is 6.00. The van der Waals surface area contributed by atoms with Crippen LogP contribution in [0.25, 0.3) is 0 Å². The largest absolute Gasteiger partial charge is 0.369 e. The van der Waals surface area contributed by atoms with Crippen LogP contribution in [-0.2, 0) is 0 Å². The molecule has 0 atom stereocenters. The van der Waals surface area contributed by atoms with E-state index in [1.807, 2.05) is 19.1 Å². The lowest BCUT2D eigenvalue weighted by Crippen LogP contribution is -2.46. The molecule has 0 radical (unpaired) electrons. The smallest absolute Gasteiger partial charge is 0.323 e. The van der Waals surface area contributed by atoms with Crippen LogP contribution in [0.2, 0.25) is 0 Å². The summed E-state index contributed by atoms with van der Waals surface area (Å²) < 4.78 is 0. The van der Waals surface area contributed by atoms with Gasteiger partial charge >= 0.3 is 6.03 Å². The van der Waals surface area contributed by atoms with Crippen LogP contribution in [0.15, 0.2) is 42.5 Å². The molecular formula is C20H25N5O3. The van der Waals surface area contributed by atoms with Gasteiger partial charge < -0.3 is 20.4 Å². The van der Waals surface area contributed by atoms with Crippen LogP contribution >= 0.6 is 0 Å². The molecule has 0 spiro atoms. The number of nitro benzene ring substituents is 1. The van der Waals surface area contributed by atoms with Gasteiger partial charge in [-0.25, -0.2) is 4.79 Å². The lowest BCUT2D eigenvalue weighted by Gasteiger charge is -2.35. The van der Waals surface area contributed by atoms with Crippen LogP contribution in [0.5, 0.6) is 0 Å². The number of urea groups is 1. The van der Waals surface area contributed by atoms with Crippen molar-refractivity contribution in [1.29, 1.82) is 0 Å². The first-order valence-electron chi connectivity index (χ1n) is 9.36. The standard InChI is InChI=1S/C20H25N5O3/c1-3-23-9-11-24(12-10-23)17-7-8-19(15(2)13-17)22-20(26)21-16-5-4-6-18(14-16)25(27)28/h4-8,13-14H,3,9-12H2,1-2H3,(H2,21,22,26). The van der Waals surface area contributed by atoms with Crippen molar-refractivity contribution < 1.29 is 9.72 Å². The Kier molecular flexibility index (Phi) is 6.10. The van der Waals surface area contributed by atoms with Crippen LogP contribution in [-0.4, -0.2) is 48.6 Å². The third kappa shape index (κ3) is 4.77. The summed E-state index contributed by atoms with van der Waals surface area (Å²) in [4.78, 5) is 27.4. The molecule has 148 valence electrons. The number of piperazine rings is 1. The number of nitro groups is 1. The number of nitrogens with zero attached hydrogens (tertiary/aromatic N) is 3. The van der Waals surface area contributed by atoms with E-state index in [2.05, 4.69) is 33.4 Å². The topological polar surface area (TPSA) is 90.8 Å². The van der Waals surface area contributed by atoms with E-state index in [4.69, 9.17) is 0 Å². The number of carbonyl (C=O) groups is 1. The third-order valence-electron chi connectivity index (χ3n) is 4.96. The Balaban J connectivity index is 1.62. The molecule has 2 amide bonds. The molecule has 8 heteroatoms. The Morgan fingerprint density at radius 3 is 2.50 bits per heavy atom. The van der Waals surface area contributed by atoms with E-state index < -0.39 is 11.0 Å². The Morgan fingerprint density at radius 2 is 1.86 bits per heavy atom. The van der Waals surface area contributed by atoms with Crippen molar-refractivity contribution in [3.8, 4) is 0 Å². The zero-order valence-corrected chi connectivity index (χ0v) is 16.1. The SMILES string of the molecule is CCN1CCN(c2ccc(NC(=O)Nc3cccc([N+](=O)[O-])c3)c(C)c2)CC1. The third-order valence-corrected chi connectivity index (χ3v) is 4.96. The fourth-order valence-electron chi connectivity index (χ4n) is 3.29. The molecule has 0 aromatic heterocycles. The van der Waals surface area contributed by atoms with Gasteiger partial charge in [0.15, 0.2) is 0 Å². The van der Waals surface area contributed by atoms with Gasteiger partial charge in [0, 0.05) is 55.4 Å². The van der Waals surface area contributed by atoms with E-state index in [9.17, 15) is 14.9 Å². The lowest BCUT2D eigenvalue weighted by molar-refractivity contribution is -0.384. The number of benzene rings is 2. The molecule has 1 fully saturated rings. The maximum absolute atomic E-state index is 12.3. The van der Waals surface area contributed by atoms with E-state index in [0.29, 0.717) is 11.4 Å². The molecule has 0 aliphatic carbocycles. The number of likely N-dealkylation sites (N-methyl/N-ethyl adjacent to an activating group) is 1. The van der Waals surface area contributed by atoms with Gasteiger partial charge in [-0.05, 0) is 43.3 Å². The van der Waals surface area contributed by atoms with Crippen LogP contribution in [0.4, 0.5) is 27.5 Å². The predicted octanol–water partition coefficient (Wildman–Crippen LogP) is 3.69. The summed E-state index contributed by atoms with van der Waals surface area (Å²) in [6.45, 7) is 9.31. The van der Waals surface area contributed by atoms with E-state index in [0.717, 1.165) is 44.0 Å². The molecule has 0 bridgehead atoms. The summed E-state index contributed by atoms with van der Waals surface area (Å²) >= 11 is 0. The number of hydrogen-bond donors (Lipinski definition) is 2. The molecule has 1 aliphatic heterocycles. The quantitative estimate of drug-likeness (QED) is 0.607. The van der Waals surface area contributed by atoms with Crippen LogP contribution in [0.3, 0.4) is 0 Å². The second-order valence-electron chi connectivity index (χ2n) is 6.81. The Hall–Kier alpha value is -3.13. The number of aryl methyl sites for hydroxylation is 1. The van der Waals surface area contributed by atoms with E-state index in [1.54, 1.807) is 6.07 Å². The fourth-order valence-corrected chi connectivity index (χ4v) is 3.29. The molecule has 8 nitrogen and oxygen atoms in total. The molecule has 1 heterocycles. The lowest BCUT2D eigenvalue weighted by atomic mass is 10.1. The van der Waals surface area contributed by atoms with E-state index in [1.165, 1.54) is 18.2 Å². The fraction of sp³-hybridized carbons (Fsp3) is 0.350. The number of hydrogen-bond acceptors (Lipinski definition) is 5. The average Bonchev–Trinajstić information content (AvgIpc) is 2.69. The molecular weight excluding hydrogens is 358 g/mol. The maximum Gasteiger partial charge on any atom is 0.323 e. The Morgan fingerprint density at radius 1 is 1.11 bits per heavy atom. The molecule has 0 saturated carbocycles. The summed E-state index contributed by atoms with van der Waals surface area (Å²) in [6, 6.07) is 11.4. The highest BCUT2D eigenvalue weighted by Crippen LogP contribution is 2.24. The number of amides is 2. The number of carbonyl (C=O) groups excluding carboxylic acids is 1. The normalized spacial score (nSPS) is 14.6. The number of nitrogens with one attached hydrogen (secondary N) is 2. The highest BCUT2D eigenvalue weighted by atomic mass is 16.6. The molecule has 1 saturated heterocycles. The van der Waals surface area contributed by atoms with Crippen molar-refractivity contribution in [1.82, 2.24) is 4.90 Å². The molecule has 3 rings (SSSR count). The molecule has 1 aliphatic rings. The Bertz CT molecular complexity index is 863. The summed E-state index contributed by atoms with van der Waals surface area (Å²) in [7, 11) is 0. The second kappa shape index (κ2) is 8.71. The average molecular weight is 383 g/mol. The van der Waals surface area contributed by atoms with Crippen molar-refractivity contribution in [3.63, 3.8) is 0 Å². The van der Waals surface area contributed by atoms with Gasteiger partial charge in [-0.15, -0.1) is 0 Å². The summed E-state index contributed by atoms with van der Waals surface area (Å²) in [5, 5.41) is 16.3. The number of anilines is 3. The summed E-state index contributed by atoms with van der Waals surface area (Å²) in [5.74, 6) is 0. The van der Waals surface area contributed by atoms with E-state index >= 15 is 0 Å². The second-order valence-corrected chi connectivity index (χ2v) is 6.81. The van der Waals surface area contributed by atoms with Crippen molar-refractivity contribution in [2.45, 2.75) is 13.8 Å². The van der Waals surface area contributed by atoms with Gasteiger partial charge in [0.2, 0.25) is 0 Å². The zero-order chi connectivity index (χ0) is 20.1. The van der Waals surface area contributed by atoms with Crippen molar-refractivity contribution >= 4 is 28.8 Å². The van der Waals surface area contributed by atoms with Crippen molar-refractivity contribution in [2.75, 3.05) is 48.3 Å².